The summed E-state index contributed by atoms with van der Waals surface area (Å²) < 4.78 is 1.90. The van der Waals surface area contributed by atoms with Crippen LogP contribution < -0.4 is 5.32 Å². The van der Waals surface area contributed by atoms with E-state index in [0.29, 0.717) is 36.0 Å². The first-order valence-corrected chi connectivity index (χ1v) is 13.7. The molecule has 41 heavy (non-hydrogen) atoms. The molecule has 3 rings (SSSR count). The van der Waals surface area contributed by atoms with Crippen LogP contribution in [0.15, 0.2) is 42.6 Å². The summed E-state index contributed by atoms with van der Waals surface area (Å²) in [6, 6.07) is 11.1. The normalized spacial score (nSPS) is 11.8. The Morgan fingerprint density at radius 1 is 1.20 bits per heavy atom. The van der Waals surface area contributed by atoms with Crippen molar-refractivity contribution in [2.24, 2.45) is 11.3 Å². The molecule has 2 aromatic heterocycles. The Balaban J connectivity index is 1.53. The molecule has 9 nitrogen and oxygen atoms in total. The smallest absolute Gasteiger partial charge is 0.338 e. The number of nitrogens with zero attached hydrogens (tertiary/aromatic N) is 3. The zero-order valence-corrected chi connectivity index (χ0v) is 24.6. The molecule has 0 aliphatic heterocycles. The van der Waals surface area contributed by atoms with Crippen LogP contribution in [0.25, 0.3) is 5.65 Å². The highest BCUT2D eigenvalue weighted by molar-refractivity contribution is 6.08. The summed E-state index contributed by atoms with van der Waals surface area (Å²) in [7, 11) is 1.38. The Morgan fingerprint density at radius 3 is 2.68 bits per heavy atom. The quantitative estimate of drug-likeness (QED) is 0.206. The molecule has 0 aliphatic rings. The number of hydroxylamine groups is 2. The van der Waals surface area contributed by atoms with E-state index >= 15 is 0 Å². The molecule has 1 unspecified atom stereocenters. The zero-order chi connectivity index (χ0) is 30.2. The van der Waals surface area contributed by atoms with Gasteiger partial charge in [-0.25, -0.2) is 9.78 Å². The Hall–Kier alpha value is -4.45. The summed E-state index contributed by atoms with van der Waals surface area (Å²) in [6.07, 6.45) is 4.56. The molecule has 1 aromatic carbocycles. The van der Waals surface area contributed by atoms with Crippen molar-refractivity contribution in [1.82, 2.24) is 14.4 Å². The molecular formula is C32H38N4O5. The summed E-state index contributed by atoms with van der Waals surface area (Å²) in [5.41, 5.74) is 3.62. The van der Waals surface area contributed by atoms with Gasteiger partial charge >= 0.3 is 5.97 Å². The second-order valence-corrected chi connectivity index (χ2v) is 11.0. The van der Waals surface area contributed by atoms with Gasteiger partial charge in [0.25, 0.3) is 11.8 Å². The second kappa shape index (κ2) is 13.8. The average Bonchev–Trinajstić information content (AvgIpc) is 3.34. The first kappa shape index (κ1) is 31.1. The number of carbonyl (C=O) groups excluding carboxylic acids is 4. The van der Waals surface area contributed by atoms with Gasteiger partial charge in [0.1, 0.15) is 11.9 Å². The monoisotopic (exact) mass is 558 g/mol. The Morgan fingerprint density at radius 2 is 1.95 bits per heavy atom. The molecular weight excluding hydrogens is 520 g/mol. The number of carbonyl (C=O) groups is 4. The molecule has 1 atom stereocenters. The number of fused-ring (bicyclic) bond motifs is 1. The second-order valence-electron chi connectivity index (χ2n) is 11.0. The Labute approximate surface area is 241 Å². The summed E-state index contributed by atoms with van der Waals surface area (Å²) in [4.78, 5) is 57.8. The van der Waals surface area contributed by atoms with Crippen LogP contribution in [-0.2, 0) is 19.2 Å². The van der Waals surface area contributed by atoms with Crippen LogP contribution >= 0.6 is 0 Å². The van der Waals surface area contributed by atoms with E-state index in [1.165, 1.54) is 7.05 Å². The molecule has 9 heteroatoms. The highest BCUT2D eigenvalue weighted by atomic mass is 16.7. The first-order valence-electron chi connectivity index (χ1n) is 13.7. The minimum atomic E-state index is -0.795. The van der Waals surface area contributed by atoms with Crippen LogP contribution in [0.2, 0.25) is 0 Å². The lowest BCUT2D eigenvalue weighted by Gasteiger charge is -2.27. The molecule has 0 radical (unpaired) electrons. The molecule has 0 saturated carbocycles. The highest BCUT2D eigenvalue weighted by Gasteiger charge is 2.33. The number of rotatable bonds is 10. The van der Waals surface area contributed by atoms with E-state index in [2.05, 4.69) is 29.1 Å². The van der Waals surface area contributed by atoms with Gasteiger partial charge in [0.2, 0.25) is 0 Å². The number of anilines is 1. The van der Waals surface area contributed by atoms with Crippen molar-refractivity contribution in [2.45, 2.75) is 66.7 Å². The third-order valence-corrected chi connectivity index (χ3v) is 6.76. The Kier molecular flexibility index (Phi) is 10.4. The third-order valence-electron chi connectivity index (χ3n) is 6.76. The van der Waals surface area contributed by atoms with E-state index in [0.717, 1.165) is 28.4 Å². The molecule has 3 aromatic rings. The van der Waals surface area contributed by atoms with E-state index in [9.17, 15) is 19.2 Å². The maximum Gasteiger partial charge on any atom is 0.338 e. The van der Waals surface area contributed by atoms with Crippen molar-refractivity contribution >= 4 is 35.4 Å². The Bertz CT molecular complexity index is 1490. The molecule has 2 heterocycles. The maximum atomic E-state index is 13.0. The zero-order valence-electron chi connectivity index (χ0n) is 24.6. The van der Waals surface area contributed by atoms with Gasteiger partial charge in [-0.3, -0.25) is 9.59 Å². The number of benzene rings is 1. The number of hydrogen-bond acceptors (Lipinski definition) is 6. The van der Waals surface area contributed by atoms with Gasteiger partial charge in [-0.1, -0.05) is 24.8 Å². The van der Waals surface area contributed by atoms with E-state index in [1.54, 1.807) is 19.9 Å². The van der Waals surface area contributed by atoms with Gasteiger partial charge < -0.3 is 19.3 Å². The standard InChI is InChI=1S/C32H38N4O5/c1-22(21-32(4,5)31(40)41-35(6)28(38)15-10-18-37)11-7-8-12-25-13-9-14-26(20-25)34-30(39)27-16-17-36-24(3)19-23(2)33-29(27)36/h9,13-14,16-20,22H,7,10-11,15,21H2,1-6H3,(H,34,39). The SMILES string of the molecule is Cc1cc(C)n2ccc(C(=O)Nc3cccc(C#CCCC(C)CC(C)(C)C(=O)ON(C)C(=O)CCC=O)c3)c2n1. The van der Waals surface area contributed by atoms with Crippen molar-refractivity contribution in [3.8, 4) is 11.8 Å². The van der Waals surface area contributed by atoms with Gasteiger partial charge in [-0.2, -0.15) is 5.06 Å². The molecule has 216 valence electrons. The summed E-state index contributed by atoms with van der Waals surface area (Å²) >= 11 is 0. The number of aldehydes is 1. The van der Waals surface area contributed by atoms with Crippen molar-refractivity contribution in [3.63, 3.8) is 0 Å². The fourth-order valence-corrected chi connectivity index (χ4v) is 4.62. The largest absolute Gasteiger partial charge is 0.338 e. The summed E-state index contributed by atoms with van der Waals surface area (Å²) in [5, 5.41) is 3.85. The van der Waals surface area contributed by atoms with E-state index in [1.807, 2.05) is 54.8 Å². The molecule has 0 saturated heterocycles. The topological polar surface area (TPSA) is 110 Å². The molecule has 2 amide bonds. The van der Waals surface area contributed by atoms with Gasteiger partial charge in [0, 0.05) is 55.1 Å². The fraction of sp³-hybridized carbons (Fsp3) is 0.406. The first-order chi connectivity index (χ1) is 19.4. The fourth-order valence-electron chi connectivity index (χ4n) is 4.62. The van der Waals surface area contributed by atoms with E-state index in [-0.39, 0.29) is 24.7 Å². The maximum absolute atomic E-state index is 13.0. The van der Waals surface area contributed by atoms with Crippen LogP contribution in [0.1, 0.15) is 80.2 Å². The van der Waals surface area contributed by atoms with Crippen molar-refractivity contribution in [1.29, 1.82) is 0 Å². The van der Waals surface area contributed by atoms with Crippen molar-refractivity contribution < 1.29 is 24.0 Å². The average molecular weight is 559 g/mol. The lowest BCUT2D eigenvalue weighted by molar-refractivity contribution is -0.201. The number of hydrogen-bond donors (Lipinski definition) is 1. The predicted molar refractivity (Wildman–Crippen MR) is 157 cm³/mol. The van der Waals surface area contributed by atoms with Crippen LogP contribution in [-0.4, -0.2) is 45.6 Å². The number of amides is 2. The van der Waals surface area contributed by atoms with E-state index in [4.69, 9.17) is 4.84 Å². The van der Waals surface area contributed by atoms with Crippen LogP contribution in [0.4, 0.5) is 5.69 Å². The third kappa shape index (κ3) is 8.52. The van der Waals surface area contributed by atoms with Gasteiger partial charge in [0.05, 0.1) is 11.0 Å². The van der Waals surface area contributed by atoms with Gasteiger partial charge in [0.15, 0.2) is 0 Å². The summed E-state index contributed by atoms with van der Waals surface area (Å²) in [6.45, 7) is 9.51. The van der Waals surface area contributed by atoms with Gasteiger partial charge in [-0.15, -0.1) is 0 Å². The van der Waals surface area contributed by atoms with Gasteiger partial charge in [-0.05, 0) is 76.8 Å². The van der Waals surface area contributed by atoms with Crippen LogP contribution in [0.5, 0.6) is 0 Å². The molecule has 1 N–H and O–H groups in total. The van der Waals surface area contributed by atoms with Crippen LogP contribution in [0.3, 0.4) is 0 Å². The lowest BCUT2D eigenvalue weighted by atomic mass is 9.82. The highest BCUT2D eigenvalue weighted by Crippen LogP contribution is 2.29. The van der Waals surface area contributed by atoms with Crippen molar-refractivity contribution in [3.05, 3.63) is 65.1 Å². The number of nitrogens with one attached hydrogen (secondary N) is 1. The van der Waals surface area contributed by atoms with E-state index < -0.39 is 17.3 Å². The molecule has 0 spiro atoms. The molecule has 0 fully saturated rings. The predicted octanol–water partition coefficient (Wildman–Crippen LogP) is 5.28. The number of aromatic nitrogens is 2. The molecule has 0 aliphatic carbocycles. The van der Waals surface area contributed by atoms with Crippen molar-refractivity contribution in [2.75, 3.05) is 12.4 Å². The lowest BCUT2D eigenvalue weighted by Crippen LogP contribution is -2.37. The summed E-state index contributed by atoms with van der Waals surface area (Å²) in [5.74, 6) is 5.38. The number of aryl methyl sites for hydroxylation is 2. The van der Waals surface area contributed by atoms with Crippen LogP contribution in [0, 0.1) is 37.0 Å². The molecule has 0 bridgehead atoms. The minimum Gasteiger partial charge on any atom is -0.338 e. The minimum absolute atomic E-state index is 0.000503.